The van der Waals surface area contributed by atoms with E-state index in [9.17, 15) is 0 Å². The first-order chi connectivity index (χ1) is 6.92. The molecule has 0 bridgehead atoms. The fourth-order valence-corrected chi connectivity index (χ4v) is 1.84. The smallest absolute Gasteiger partial charge is 0.118 e. The molecule has 2 nitrogen and oxygen atoms in total. The summed E-state index contributed by atoms with van der Waals surface area (Å²) in [6, 6.07) is 7.72. The average molecular weight is 204 g/mol. The molecule has 0 radical (unpaired) electrons. The van der Waals surface area contributed by atoms with Gasteiger partial charge in [0, 0.05) is 10.2 Å². The van der Waals surface area contributed by atoms with Gasteiger partial charge in [-0.15, -0.1) is 5.70 Å². The van der Waals surface area contributed by atoms with Crippen LogP contribution in [0.1, 0.15) is 17.4 Å². The summed E-state index contributed by atoms with van der Waals surface area (Å²) in [7, 11) is 1.04. The van der Waals surface area contributed by atoms with Gasteiger partial charge in [0.2, 0.25) is 0 Å². The van der Waals surface area contributed by atoms with Crippen molar-refractivity contribution in [1.29, 1.82) is 0 Å². The van der Waals surface area contributed by atoms with E-state index in [1.54, 1.807) is 12.5 Å². The van der Waals surface area contributed by atoms with Gasteiger partial charge in [-0.3, -0.25) is 0 Å². The molecule has 0 saturated carbocycles. The van der Waals surface area contributed by atoms with Crippen molar-refractivity contribution in [3.63, 3.8) is 0 Å². The van der Waals surface area contributed by atoms with E-state index in [0.29, 0.717) is 0 Å². The topological polar surface area (TPSA) is 26.3 Å². The summed E-state index contributed by atoms with van der Waals surface area (Å²) in [6.07, 6.45) is 5.49. The van der Waals surface area contributed by atoms with Crippen molar-refractivity contribution in [1.82, 2.24) is 0 Å². The number of furan rings is 2. The Morgan fingerprint density at radius 1 is 1.07 bits per heavy atom. The summed E-state index contributed by atoms with van der Waals surface area (Å²) >= 11 is 0. The highest BCUT2D eigenvalue weighted by Crippen LogP contribution is 2.26. The van der Waals surface area contributed by atoms with Crippen LogP contribution in [0, 0.1) is 0 Å². The van der Waals surface area contributed by atoms with Crippen LogP contribution in [0.2, 0.25) is 0 Å². The molecule has 2 heterocycles. The zero-order valence-electron chi connectivity index (χ0n) is 8.01. The van der Waals surface area contributed by atoms with Gasteiger partial charge in [0.1, 0.15) is 11.5 Å². The molecular weight excluding hydrogens is 192 g/mol. The van der Waals surface area contributed by atoms with E-state index in [2.05, 4.69) is 11.8 Å². The Morgan fingerprint density at radius 2 is 1.64 bits per heavy atom. The maximum absolute atomic E-state index is 5.38. The molecule has 72 valence electrons. The Balaban J connectivity index is 2.34. The van der Waals surface area contributed by atoms with Crippen LogP contribution >= 0.6 is 0 Å². The first kappa shape index (κ1) is 9.09. The molecule has 2 aromatic rings. The normalized spacial score (nSPS) is 11.8. The van der Waals surface area contributed by atoms with Gasteiger partial charge in [-0.25, -0.2) is 0 Å². The second kappa shape index (κ2) is 4.15. The lowest BCUT2D eigenvalue weighted by Crippen LogP contribution is -1.93. The van der Waals surface area contributed by atoms with Crippen LogP contribution in [0.25, 0.3) is 0 Å². The molecule has 0 N–H and O–H groups in total. The molecule has 0 aliphatic rings. The predicted molar refractivity (Wildman–Crippen MR) is 58.3 cm³/mol. The molecule has 0 unspecified atom stereocenters. The third kappa shape index (κ3) is 1.72. The van der Waals surface area contributed by atoms with Crippen LogP contribution in [-0.4, -0.2) is 10.2 Å². The van der Waals surface area contributed by atoms with Crippen LogP contribution in [0.5, 0.6) is 0 Å². The molecule has 0 amide bonds. The summed E-state index contributed by atoms with van der Waals surface area (Å²) in [5.41, 5.74) is 2.13. The Labute approximate surface area is 85.7 Å². The molecule has 2 aromatic heterocycles. The van der Waals surface area contributed by atoms with E-state index in [-0.39, 0.29) is 5.92 Å². The van der Waals surface area contributed by atoms with Crippen molar-refractivity contribution in [3.05, 3.63) is 60.1 Å². The highest BCUT2D eigenvalue weighted by Gasteiger charge is 2.15. The third-order valence-electron chi connectivity index (χ3n) is 2.08. The van der Waals surface area contributed by atoms with Gasteiger partial charge in [-0.2, -0.15) is 0 Å². The summed E-state index contributed by atoms with van der Waals surface area (Å²) in [6.45, 7) is 0. The first-order valence-electron chi connectivity index (χ1n) is 4.61. The zero-order valence-corrected chi connectivity index (χ0v) is 10.0. The second-order valence-corrected chi connectivity index (χ2v) is 3.70. The fourth-order valence-electron chi connectivity index (χ4n) is 1.46. The summed E-state index contributed by atoms with van der Waals surface area (Å²) in [5.74, 6) is 1.97. The first-order valence-corrected chi connectivity index (χ1v) is 5.77. The van der Waals surface area contributed by atoms with E-state index >= 15 is 0 Å². The van der Waals surface area contributed by atoms with Crippen LogP contribution in [0.3, 0.4) is 0 Å². The number of allylic oxidation sites excluding steroid dienone is 1. The standard InChI is InChI=1S/C11H12O2Si/c14-8-5-9(10-3-1-6-12-10)11-4-2-7-13-11/h1-9H,14H3. The molecule has 0 aromatic carbocycles. The van der Waals surface area contributed by atoms with Crippen LogP contribution in [0.15, 0.2) is 57.4 Å². The van der Waals surface area contributed by atoms with Gasteiger partial charge in [-0.1, -0.05) is 6.08 Å². The van der Waals surface area contributed by atoms with E-state index in [1.165, 1.54) is 0 Å². The molecule has 14 heavy (non-hydrogen) atoms. The summed E-state index contributed by atoms with van der Waals surface area (Å²) in [5, 5.41) is 0. The Hall–Kier alpha value is -1.48. The maximum Gasteiger partial charge on any atom is 0.118 e. The molecule has 0 spiro atoms. The molecule has 0 saturated heterocycles. The Morgan fingerprint density at radius 3 is 2.00 bits per heavy atom. The van der Waals surface area contributed by atoms with Crippen molar-refractivity contribution in [3.8, 4) is 0 Å². The molecule has 2 rings (SSSR count). The van der Waals surface area contributed by atoms with E-state index < -0.39 is 0 Å². The molecule has 0 atom stereocenters. The molecular formula is C11H12O2Si. The van der Waals surface area contributed by atoms with Gasteiger partial charge in [-0.05, 0) is 24.3 Å². The molecule has 0 fully saturated rings. The van der Waals surface area contributed by atoms with Crippen LogP contribution < -0.4 is 0 Å². The highest BCUT2D eigenvalue weighted by atomic mass is 28.1. The maximum atomic E-state index is 5.38. The fraction of sp³-hybridized carbons (Fsp3) is 0.0909. The van der Waals surface area contributed by atoms with Gasteiger partial charge in [0.15, 0.2) is 0 Å². The quantitative estimate of drug-likeness (QED) is 0.714. The SMILES string of the molecule is [SiH3]C=CC(c1ccco1)c1ccco1. The molecule has 3 heteroatoms. The lowest BCUT2D eigenvalue weighted by Gasteiger charge is -2.05. The van der Waals surface area contributed by atoms with E-state index in [1.807, 2.05) is 24.3 Å². The zero-order chi connectivity index (χ0) is 9.80. The lowest BCUT2D eigenvalue weighted by atomic mass is 10.0. The predicted octanol–water partition coefficient (Wildman–Crippen LogP) is 1.88. The third-order valence-corrected chi connectivity index (χ3v) is 2.47. The molecule has 0 aliphatic heterocycles. The van der Waals surface area contributed by atoms with Crippen LogP contribution in [0.4, 0.5) is 0 Å². The van der Waals surface area contributed by atoms with Gasteiger partial charge < -0.3 is 8.83 Å². The van der Waals surface area contributed by atoms with Crippen molar-refractivity contribution in [2.75, 3.05) is 0 Å². The highest BCUT2D eigenvalue weighted by molar-refractivity contribution is 6.17. The monoisotopic (exact) mass is 204 g/mol. The number of hydrogen-bond acceptors (Lipinski definition) is 2. The number of hydrogen-bond donors (Lipinski definition) is 0. The minimum absolute atomic E-state index is 0.123. The lowest BCUT2D eigenvalue weighted by molar-refractivity contribution is 0.454. The van der Waals surface area contributed by atoms with Gasteiger partial charge in [0.05, 0.1) is 18.4 Å². The number of rotatable bonds is 3. The van der Waals surface area contributed by atoms with Crippen molar-refractivity contribution in [2.45, 2.75) is 5.92 Å². The summed E-state index contributed by atoms with van der Waals surface area (Å²) in [4.78, 5) is 0. The minimum Gasteiger partial charge on any atom is -0.468 e. The van der Waals surface area contributed by atoms with Crippen molar-refractivity contribution >= 4 is 10.2 Å². The van der Waals surface area contributed by atoms with Crippen LogP contribution in [-0.2, 0) is 0 Å². The Bertz CT molecular complexity index is 353. The minimum atomic E-state index is 0.123. The Kier molecular flexibility index (Phi) is 2.69. The largest absolute Gasteiger partial charge is 0.468 e. The second-order valence-electron chi connectivity index (χ2n) is 3.03. The van der Waals surface area contributed by atoms with E-state index in [0.717, 1.165) is 21.8 Å². The summed E-state index contributed by atoms with van der Waals surface area (Å²) < 4.78 is 10.8. The van der Waals surface area contributed by atoms with Crippen molar-refractivity contribution in [2.24, 2.45) is 0 Å². The average Bonchev–Trinajstić information content (AvgIpc) is 2.87. The van der Waals surface area contributed by atoms with Gasteiger partial charge in [0.25, 0.3) is 0 Å². The molecule has 0 aliphatic carbocycles. The van der Waals surface area contributed by atoms with Gasteiger partial charge >= 0.3 is 0 Å². The van der Waals surface area contributed by atoms with E-state index in [4.69, 9.17) is 8.83 Å². The van der Waals surface area contributed by atoms with Crippen molar-refractivity contribution < 1.29 is 8.83 Å².